The third-order valence-electron chi connectivity index (χ3n) is 5.99. The van der Waals surface area contributed by atoms with Gasteiger partial charge >= 0.3 is 0 Å². The summed E-state index contributed by atoms with van der Waals surface area (Å²) < 4.78 is 48.1. The lowest BCUT2D eigenvalue weighted by Gasteiger charge is -2.20. The minimum Gasteiger partial charge on any atom is -0.479 e. The number of rotatable bonds is 5. The highest BCUT2D eigenvalue weighted by Crippen LogP contribution is 2.35. The Morgan fingerprint density at radius 1 is 1.18 bits per heavy atom. The minimum absolute atomic E-state index is 0.168. The molecule has 0 aliphatic carbocycles. The number of halogens is 3. The van der Waals surface area contributed by atoms with E-state index in [-0.39, 0.29) is 18.2 Å². The van der Waals surface area contributed by atoms with E-state index < -0.39 is 17.5 Å². The number of nitrogens with zero attached hydrogens (tertiary/aromatic N) is 4. The third-order valence-corrected chi connectivity index (χ3v) is 5.99. The summed E-state index contributed by atoms with van der Waals surface area (Å²) in [5.74, 6) is -3.47. The van der Waals surface area contributed by atoms with Crippen LogP contribution in [0.5, 0.6) is 5.88 Å². The molecule has 3 aromatic rings. The van der Waals surface area contributed by atoms with E-state index in [0.29, 0.717) is 30.1 Å². The topological polar surface area (TPSA) is 67.2 Å². The highest BCUT2D eigenvalue weighted by Gasteiger charge is 2.41. The van der Waals surface area contributed by atoms with Crippen LogP contribution in [0.1, 0.15) is 29.3 Å². The van der Waals surface area contributed by atoms with Crippen LogP contribution < -0.4 is 15.5 Å². The number of aryl methyl sites for hydroxylation is 1. The van der Waals surface area contributed by atoms with Crippen LogP contribution in [-0.4, -0.2) is 45.5 Å². The first-order valence-corrected chi connectivity index (χ1v) is 10.6. The van der Waals surface area contributed by atoms with Crippen molar-refractivity contribution < 1.29 is 17.9 Å². The van der Waals surface area contributed by atoms with Gasteiger partial charge in [0.2, 0.25) is 5.88 Å². The number of hydrazine groups is 1. The molecule has 2 aromatic heterocycles. The molecule has 172 valence electrons. The number of methoxy groups -OCH3 is 1. The second kappa shape index (κ2) is 8.62. The smallest absolute Gasteiger partial charge is 0.238 e. The second-order valence-corrected chi connectivity index (χ2v) is 8.15. The number of hydrogen-bond acceptors (Lipinski definition) is 6. The maximum absolute atomic E-state index is 13.7. The Balaban J connectivity index is 1.30. The fourth-order valence-corrected chi connectivity index (χ4v) is 4.41. The van der Waals surface area contributed by atoms with Crippen molar-refractivity contribution in [3.8, 4) is 11.6 Å². The first-order valence-electron chi connectivity index (χ1n) is 10.6. The molecule has 0 saturated carbocycles. The summed E-state index contributed by atoms with van der Waals surface area (Å²) in [4.78, 5) is 8.79. The SMILES string of the molecule is COc1nc(/C=C/C2NC3C(c4cc(F)c(F)c(F)c4)CCN3N2)ccc1-n1cnc(C)c1. The lowest BCUT2D eigenvalue weighted by molar-refractivity contribution is 0.225. The van der Waals surface area contributed by atoms with Crippen LogP contribution in [0, 0.1) is 24.4 Å². The van der Waals surface area contributed by atoms with E-state index in [1.54, 1.807) is 13.4 Å². The van der Waals surface area contributed by atoms with Crippen molar-refractivity contribution >= 4 is 6.08 Å². The Bertz CT molecular complexity index is 1190. The van der Waals surface area contributed by atoms with Crippen molar-refractivity contribution in [2.24, 2.45) is 0 Å². The van der Waals surface area contributed by atoms with Crippen LogP contribution in [0.4, 0.5) is 13.2 Å². The maximum atomic E-state index is 13.7. The normalized spacial score (nSPS) is 22.9. The van der Waals surface area contributed by atoms with Crippen LogP contribution in [0.2, 0.25) is 0 Å². The van der Waals surface area contributed by atoms with Crippen molar-refractivity contribution in [1.29, 1.82) is 0 Å². The van der Waals surface area contributed by atoms with Gasteiger partial charge in [-0.3, -0.25) is 5.32 Å². The summed E-state index contributed by atoms with van der Waals surface area (Å²) in [5.41, 5.74) is 6.16. The molecular weight excluding hydrogens is 433 g/mol. The number of pyridine rings is 1. The zero-order valence-electron chi connectivity index (χ0n) is 18.1. The summed E-state index contributed by atoms with van der Waals surface area (Å²) in [5, 5.41) is 5.41. The van der Waals surface area contributed by atoms with E-state index >= 15 is 0 Å². The summed E-state index contributed by atoms with van der Waals surface area (Å²) >= 11 is 0. The van der Waals surface area contributed by atoms with E-state index in [9.17, 15) is 13.2 Å². The van der Waals surface area contributed by atoms with Gasteiger partial charge in [-0.25, -0.2) is 33.6 Å². The Morgan fingerprint density at radius 2 is 1.97 bits per heavy atom. The molecule has 2 N–H and O–H groups in total. The maximum Gasteiger partial charge on any atom is 0.238 e. The van der Waals surface area contributed by atoms with Gasteiger partial charge in [0.25, 0.3) is 0 Å². The van der Waals surface area contributed by atoms with Gasteiger partial charge in [0.1, 0.15) is 5.69 Å². The van der Waals surface area contributed by atoms with E-state index in [4.69, 9.17) is 4.74 Å². The molecule has 33 heavy (non-hydrogen) atoms. The van der Waals surface area contributed by atoms with E-state index in [0.717, 1.165) is 23.5 Å². The zero-order valence-corrected chi connectivity index (χ0v) is 18.1. The molecule has 7 nitrogen and oxygen atoms in total. The van der Waals surface area contributed by atoms with E-state index in [1.807, 2.05) is 47.0 Å². The molecule has 10 heteroatoms. The number of imidazole rings is 1. The number of benzene rings is 1. The summed E-state index contributed by atoms with van der Waals surface area (Å²) in [7, 11) is 1.57. The Morgan fingerprint density at radius 3 is 2.67 bits per heavy atom. The standard InChI is InChI=1S/C23H23F3N6O/c1-13-11-31(12-27-13)19-5-3-15(28-23(19)33-2)4-6-20-29-22-16(7-8-32(22)30-20)14-9-17(24)21(26)18(25)10-14/h3-6,9-12,16,20,22,29-30H,7-8H2,1-2H3/b6-4+. The molecule has 1 aromatic carbocycles. The number of nitrogens with one attached hydrogen (secondary N) is 2. The fourth-order valence-electron chi connectivity index (χ4n) is 4.41. The van der Waals surface area contributed by atoms with E-state index in [1.165, 1.54) is 0 Å². The Labute approximate surface area is 188 Å². The number of aromatic nitrogens is 3. The molecule has 2 aliphatic heterocycles. The lowest BCUT2D eigenvalue weighted by Crippen LogP contribution is -2.36. The number of ether oxygens (including phenoxy) is 1. The van der Waals surface area contributed by atoms with Gasteiger partial charge in [0, 0.05) is 18.7 Å². The van der Waals surface area contributed by atoms with Gasteiger partial charge in [0.15, 0.2) is 17.5 Å². The summed E-state index contributed by atoms with van der Waals surface area (Å²) in [6.07, 6.45) is 7.71. The fraction of sp³-hybridized carbons (Fsp3) is 0.304. The third kappa shape index (κ3) is 4.12. The van der Waals surface area contributed by atoms with Crippen LogP contribution in [0.15, 0.2) is 42.9 Å². The lowest BCUT2D eigenvalue weighted by atomic mass is 9.95. The molecule has 2 saturated heterocycles. The molecular formula is C23H23F3N6O. The quantitative estimate of drug-likeness (QED) is 0.575. The second-order valence-electron chi connectivity index (χ2n) is 8.15. The predicted octanol–water partition coefficient (Wildman–Crippen LogP) is 3.26. The number of hydrogen-bond donors (Lipinski definition) is 2. The van der Waals surface area contributed by atoms with E-state index in [2.05, 4.69) is 20.7 Å². The molecule has 3 unspecified atom stereocenters. The molecule has 4 heterocycles. The Hall–Kier alpha value is -3.21. The Kier molecular flexibility index (Phi) is 5.65. The first kappa shape index (κ1) is 21.6. The molecule has 3 atom stereocenters. The van der Waals surface area contributed by atoms with Crippen LogP contribution in [0.3, 0.4) is 0 Å². The van der Waals surface area contributed by atoms with Crippen molar-refractivity contribution in [3.05, 3.63) is 77.3 Å². The largest absolute Gasteiger partial charge is 0.479 e. The van der Waals surface area contributed by atoms with Crippen molar-refractivity contribution in [2.45, 2.75) is 31.6 Å². The van der Waals surface area contributed by atoms with Crippen molar-refractivity contribution in [1.82, 2.24) is 30.3 Å². The van der Waals surface area contributed by atoms with Crippen molar-refractivity contribution in [3.63, 3.8) is 0 Å². The summed E-state index contributed by atoms with van der Waals surface area (Å²) in [6, 6.07) is 5.95. The van der Waals surface area contributed by atoms with Crippen LogP contribution >= 0.6 is 0 Å². The van der Waals surface area contributed by atoms with Gasteiger partial charge < -0.3 is 9.30 Å². The summed E-state index contributed by atoms with van der Waals surface area (Å²) in [6.45, 7) is 2.60. The van der Waals surface area contributed by atoms with Crippen LogP contribution in [0.25, 0.3) is 11.8 Å². The van der Waals surface area contributed by atoms with Gasteiger partial charge in [-0.05, 0) is 55.3 Å². The average Bonchev–Trinajstić information content (AvgIpc) is 3.51. The number of fused-ring (bicyclic) bond motifs is 1. The molecule has 0 spiro atoms. The minimum atomic E-state index is -1.44. The average molecular weight is 456 g/mol. The molecule has 0 bridgehead atoms. The van der Waals surface area contributed by atoms with Gasteiger partial charge in [-0.15, -0.1) is 0 Å². The van der Waals surface area contributed by atoms with Crippen LogP contribution in [-0.2, 0) is 0 Å². The molecule has 0 amide bonds. The highest BCUT2D eigenvalue weighted by molar-refractivity contribution is 5.52. The van der Waals surface area contributed by atoms with Crippen molar-refractivity contribution in [2.75, 3.05) is 13.7 Å². The van der Waals surface area contributed by atoms with Gasteiger partial charge in [-0.1, -0.05) is 0 Å². The first-order chi connectivity index (χ1) is 15.9. The molecule has 0 radical (unpaired) electrons. The molecule has 2 aliphatic rings. The zero-order chi connectivity index (χ0) is 23.1. The predicted molar refractivity (Wildman–Crippen MR) is 116 cm³/mol. The van der Waals surface area contributed by atoms with Gasteiger partial charge in [0.05, 0.1) is 37.2 Å². The van der Waals surface area contributed by atoms with Gasteiger partial charge in [-0.2, -0.15) is 0 Å². The molecule has 2 fully saturated rings. The monoisotopic (exact) mass is 456 g/mol. The highest BCUT2D eigenvalue weighted by atomic mass is 19.2. The molecule has 5 rings (SSSR count).